The van der Waals surface area contributed by atoms with Gasteiger partial charge in [-0.3, -0.25) is 0 Å². The SMILES string of the molecule is O=S(=O)(CC1CCCCC1)N1CCC2NCCC2C1. The quantitative estimate of drug-likeness (QED) is 0.857. The standard InChI is InChI=1S/C14H26N2O2S/c17-19(18,11-12-4-2-1-3-5-12)16-9-7-14-13(10-16)6-8-15-14/h12-15H,1-11H2. The van der Waals surface area contributed by atoms with Gasteiger partial charge >= 0.3 is 0 Å². The molecule has 2 heterocycles. The number of hydrogen-bond donors (Lipinski definition) is 1. The average Bonchev–Trinajstić information content (AvgIpc) is 2.86. The largest absolute Gasteiger partial charge is 0.314 e. The molecule has 1 N–H and O–H groups in total. The van der Waals surface area contributed by atoms with E-state index in [0.29, 0.717) is 23.6 Å². The highest BCUT2D eigenvalue weighted by molar-refractivity contribution is 7.89. The van der Waals surface area contributed by atoms with Gasteiger partial charge in [0.2, 0.25) is 10.0 Å². The fourth-order valence-corrected chi connectivity index (χ4v) is 5.97. The molecule has 4 nitrogen and oxygen atoms in total. The Kier molecular flexibility index (Phi) is 4.15. The van der Waals surface area contributed by atoms with Crippen molar-refractivity contribution in [3.63, 3.8) is 0 Å². The Morgan fingerprint density at radius 2 is 1.84 bits per heavy atom. The summed E-state index contributed by atoms with van der Waals surface area (Å²) >= 11 is 0. The van der Waals surface area contributed by atoms with Crippen molar-refractivity contribution in [3.8, 4) is 0 Å². The van der Waals surface area contributed by atoms with Crippen LogP contribution in [-0.2, 0) is 10.0 Å². The number of fused-ring (bicyclic) bond motifs is 1. The summed E-state index contributed by atoms with van der Waals surface area (Å²) in [5, 5.41) is 3.49. The first-order valence-corrected chi connectivity index (χ1v) is 9.47. The molecule has 1 aliphatic carbocycles. The number of nitrogens with one attached hydrogen (secondary N) is 1. The van der Waals surface area contributed by atoms with E-state index in [-0.39, 0.29) is 0 Å². The Bertz CT molecular complexity index is 404. The molecule has 2 unspecified atom stereocenters. The van der Waals surface area contributed by atoms with E-state index in [2.05, 4.69) is 5.32 Å². The first kappa shape index (κ1) is 13.8. The van der Waals surface area contributed by atoms with Gasteiger partial charge < -0.3 is 5.32 Å². The van der Waals surface area contributed by atoms with Crippen LogP contribution >= 0.6 is 0 Å². The van der Waals surface area contributed by atoms with Crippen molar-refractivity contribution in [2.75, 3.05) is 25.4 Å². The van der Waals surface area contributed by atoms with E-state index in [1.807, 2.05) is 0 Å². The first-order chi connectivity index (χ1) is 9.15. The molecule has 0 bridgehead atoms. The Balaban J connectivity index is 1.60. The third kappa shape index (κ3) is 3.14. The summed E-state index contributed by atoms with van der Waals surface area (Å²) in [6.45, 7) is 2.54. The van der Waals surface area contributed by atoms with Gasteiger partial charge in [0.25, 0.3) is 0 Å². The average molecular weight is 286 g/mol. The number of rotatable bonds is 3. The van der Waals surface area contributed by atoms with Gasteiger partial charge in [-0.2, -0.15) is 0 Å². The van der Waals surface area contributed by atoms with Crippen LogP contribution in [0.5, 0.6) is 0 Å². The van der Waals surface area contributed by atoms with E-state index < -0.39 is 10.0 Å². The van der Waals surface area contributed by atoms with Crippen molar-refractivity contribution in [1.82, 2.24) is 9.62 Å². The molecule has 0 amide bonds. The molecule has 3 rings (SSSR count). The lowest BCUT2D eigenvalue weighted by molar-refractivity contribution is 0.244. The highest BCUT2D eigenvalue weighted by Crippen LogP contribution is 2.29. The Morgan fingerprint density at radius 3 is 2.63 bits per heavy atom. The second-order valence-electron chi connectivity index (χ2n) is 6.54. The van der Waals surface area contributed by atoms with Crippen molar-refractivity contribution in [2.24, 2.45) is 11.8 Å². The van der Waals surface area contributed by atoms with Gasteiger partial charge in [-0.05, 0) is 44.1 Å². The summed E-state index contributed by atoms with van der Waals surface area (Å²) in [6, 6.07) is 0.570. The second kappa shape index (κ2) is 5.70. The zero-order valence-corrected chi connectivity index (χ0v) is 12.5. The maximum atomic E-state index is 12.5. The number of nitrogens with zero attached hydrogens (tertiary/aromatic N) is 1. The summed E-state index contributed by atoms with van der Waals surface area (Å²) in [4.78, 5) is 0. The normalized spacial score (nSPS) is 34.3. The van der Waals surface area contributed by atoms with E-state index in [4.69, 9.17) is 0 Å². The fraction of sp³-hybridized carbons (Fsp3) is 1.00. The zero-order chi connectivity index (χ0) is 13.3. The van der Waals surface area contributed by atoms with Gasteiger partial charge in [0.15, 0.2) is 0 Å². The molecule has 2 aliphatic heterocycles. The summed E-state index contributed by atoms with van der Waals surface area (Å²) < 4.78 is 26.9. The highest BCUT2D eigenvalue weighted by Gasteiger charge is 2.37. The van der Waals surface area contributed by atoms with Crippen LogP contribution in [0, 0.1) is 11.8 Å². The molecule has 5 heteroatoms. The minimum atomic E-state index is -3.02. The molecule has 19 heavy (non-hydrogen) atoms. The summed E-state index contributed by atoms with van der Waals surface area (Å²) in [7, 11) is -3.02. The summed E-state index contributed by atoms with van der Waals surface area (Å²) in [6.07, 6.45) is 8.08. The molecule has 1 saturated carbocycles. The van der Waals surface area contributed by atoms with Crippen LogP contribution in [0.3, 0.4) is 0 Å². The maximum Gasteiger partial charge on any atom is 0.214 e. The third-order valence-corrected chi connectivity index (χ3v) is 7.19. The zero-order valence-electron chi connectivity index (χ0n) is 11.7. The van der Waals surface area contributed by atoms with Crippen LogP contribution in [0.4, 0.5) is 0 Å². The van der Waals surface area contributed by atoms with Gasteiger partial charge in [0, 0.05) is 19.1 Å². The molecular weight excluding hydrogens is 260 g/mol. The summed E-state index contributed by atoms with van der Waals surface area (Å²) in [5.41, 5.74) is 0. The second-order valence-corrected chi connectivity index (χ2v) is 8.55. The lowest BCUT2D eigenvalue weighted by Crippen LogP contribution is -2.48. The molecule has 0 spiro atoms. The van der Waals surface area contributed by atoms with Gasteiger partial charge in [0.05, 0.1) is 5.75 Å². The molecular formula is C14H26N2O2S. The van der Waals surface area contributed by atoms with Crippen molar-refractivity contribution >= 4 is 10.0 Å². The molecule has 0 aromatic carbocycles. The summed E-state index contributed by atoms with van der Waals surface area (Å²) in [5.74, 6) is 1.37. The smallest absolute Gasteiger partial charge is 0.214 e. The maximum absolute atomic E-state index is 12.5. The van der Waals surface area contributed by atoms with E-state index in [9.17, 15) is 8.42 Å². The van der Waals surface area contributed by atoms with Crippen molar-refractivity contribution in [3.05, 3.63) is 0 Å². The number of hydrogen-bond acceptors (Lipinski definition) is 3. The van der Waals surface area contributed by atoms with Gasteiger partial charge in [0.1, 0.15) is 0 Å². The fourth-order valence-electron chi connectivity index (χ4n) is 4.02. The molecule has 2 atom stereocenters. The molecule has 0 aromatic rings. The van der Waals surface area contributed by atoms with E-state index >= 15 is 0 Å². The molecule has 0 aromatic heterocycles. The molecule has 3 aliphatic rings. The monoisotopic (exact) mass is 286 g/mol. The van der Waals surface area contributed by atoms with E-state index in [1.165, 1.54) is 19.3 Å². The minimum absolute atomic E-state index is 0.401. The van der Waals surface area contributed by atoms with Crippen molar-refractivity contribution in [2.45, 2.75) is 51.0 Å². The van der Waals surface area contributed by atoms with Gasteiger partial charge in [-0.25, -0.2) is 12.7 Å². The Hall–Kier alpha value is -0.130. The predicted molar refractivity (Wildman–Crippen MR) is 76.4 cm³/mol. The van der Waals surface area contributed by atoms with Crippen LogP contribution < -0.4 is 5.32 Å². The Morgan fingerprint density at radius 1 is 1.05 bits per heavy atom. The molecule has 2 saturated heterocycles. The minimum Gasteiger partial charge on any atom is -0.314 e. The molecule has 3 fully saturated rings. The van der Waals surface area contributed by atoms with Crippen molar-refractivity contribution in [1.29, 1.82) is 0 Å². The molecule has 110 valence electrons. The topological polar surface area (TPSA) is 49.4 Å². The van der Waals surface area contributed by atoms with Gasteiger partial charge in [-0.1, -0.05) is 19.3 Å². The van der Waals surface area contributed by atoms with E-state index in [1.54, 1.807) is 4.31 Å². The van der Waals surface area contributed by atoms with Gasteiger partial charge in [-0.15, -0.1) is 0 Å². The number of piperidine rings is 1. The van der Waals surface area contributed by atoms with Crippen LogP contribution in [0.2, 0.25) is 0 Å². The van der Waals surface area contributed by atoms with Crippen LogP contribution in [0.25, 0.3) is 0 Å². The Labute approximate surface area is 117 Å². The van der Waals surface area contributed by atoms with Crippen LogP contribution in [-0.4, -0.2) is 44.2 Å². The lowest BCUT2D eigenvalue weighted by atomic mass is 9.91. The van der Waals surface area contributed by atoms with Crippen LogP contribution in [0.1, 0.15) is 44.9 Å². The first-order valence-electron chi connectivity index (χ1n) is 7.86. The lowest BCUT2D eigenvalue weighted by Gasteiger charge is -2.35. The highest BCUT2D eigenvalue weighted by atomic mass is 32.2. The van der Waals surface area contributed by atoms with Crippen LogP contribution in [0.15, 0.2) is 0 Å². The van der Waals surface area contributed by atoms with E-state index in [0.717, 1.165) is 45.3 Å². The molecule has 0 radical (unpaired) electrons. The van der Waals surface area contributed by atoms with Crippen molar-refractivity contribution < 1.29 is 8.42 Å². The third-order valence-electron chi connectivity index (χ3n) is 5.18. The number of sulfonamides is 1. The predicted octanol–water partition coefficient (Wildman–Crippen LogP) is 1.58.